The number of aryl methyl sites for hydroxylation is 1. The van der Waals surface area contributed by atoms with Crippen LogP contribution in [0.4, 0.5) is 4.39 Å². The van der Waals surface area contributed by atoms with Gasteiger partial charge in [0.25, 0.3) is 0 Å². The van der Waals surface area contributed by atoms with Gasteiger partial charge < -0.3 is 10.6 Å². The van der Waals surface area contributed by atoms with Crippen LogP contribution in [0.25, 0.3) is 0 Å². The highest BCUT2D eigenvalue weighted by Crippen LogP contribution is 2.17. The van der Waals surface area contributed by atoms with Crippen LogP contribution in [0.5, 0.6) is 0 Å². The second-order valence-corrected chi connectivity index (χ2v) is 5.19. The maximum atomic E-state index is 12.8. The number of piperidine rings is 1. The van der Waals surface area contributed by atoms with Crippen LogP contribution in [0.2, 0.25) is 0 Å². The summed E-state index contributed by atoms with van der Waals surface area (Å²) < 4.78 is 12.8. The van der Waals surface area contributed by atoms with Crippen molar-refractivity contribution in [2.75, 3.05) is 19.6 Å². The van der Waals surface area contributed by atoms with Gasteiger partial charge in [-0.2, -0.15) is 0 Å². The number of benzene rings is 1. The minimum Gasteiger partial charge on any atom is -0.343 e. The summed E-state index contributed by atoms with van der Waals surface area (Å²) in [5.74, 6) is 0.528. The first-order chi connectivity index (χ1) is 9.19. The molecule has 1 aliphatic heterocycles. The van der Waals surface area contributed by atoms with Crippen molar-refractivity contribution in [2.45, 2.75) is 25.7 Å². The Morgan fingerprint density at radius 1 is 1.25 bits per heavy atom. The van der Waals surface area contributed by atoms with Gasteiger partial charge in [-0.1, -0.05) is 12.1 Å². The van der Waals surface area contributed by atoms with Crippen LogP contribution >= 0.6 is 12.4 Å². The molecule has 5 heteroatoms. The van der Waals surface area contributed by atoms with E-state index in [1.807, 2.05) is 4.90 Å². The minimum atomic E-state index is -0.237. The Hall–Kier alpha value is -1.13. The van der Waals surface area contributed by atoms with Crippen LogP contribution in [0.3, 0.4) is 0 Å². The maximum Gasteiger partial charge on any atom is 0.222 e. The normalized spacial score (nSPS) is 15.8. The molecule has 1 fully saturated rings. The van der Waals surface area contributed by atoms with Gasteiger partial charge in [0, 0.05) is 19.5 Å². The second-order valence-electron chi connectivity index (χ2n) is 5.19. The first kappa shape index (κ1) is 16.9. The lowest BCUT2D eigenvalue weighted by Crippen LogP contribution is -2.40. The Kier molecular flexibility index (Phi) is 6.96. The lowest BCUT2D eigenvalue weighted by molar-refractivity contribution is -0.132. The first-order valence-corrected chi connectivity index (χ1v) is 6.91. The highest BCUT2D eigenvalue weighted by atomic mass is 35.5. The molecule has 112 valence electrons. The van der Waals surface area contributed by atoms with Crippen molar-refractivity contribution in [3.8, 4) is 0 Å². The van der Waals surface area contributed by atoms with E-state index < -0.39 is 0 Å². The van der Waals surface area contributed by atoms with Crippen LogP contribution in [-0.2, 0) is 11.2 Å². The highest BCUT2D eigenvalue weighted by molar-refractivity contribution is 5.85. The third-order valence-corrected chi connectivity index (χ3v) is 3.84. The van der Waals surface area contributed by atoms with Gasteiger partial charge in [-0.25, -0.2) is 4.39 Å². The van der Waals surface area contributed by atoms with E-state index in [2.05, 4.69) is 0 Å². The lowest BCUT2D eigenvalue weighted by atomic mass is 9.96. The van der Waals surface area contributed by atoms with Gasteiger partial charge in [0.05, 0.1) is 0 Å². The summed E-state index contributed by atoms with van der Waals surface area (Å²) in [4.78, 5) is 14.0. The quantitative estimate of drug-likeness (QED) is 0.928. The third kappa shape index (κ3) is 4.76. The van der Waals surface area contributed by atoms with E-state index in [-0.39, 0.29) is 24.1 Å². The molecule has 1 aromatic rings. The molecule has 0 aromatic heterocycles. The number of carbonyl (C=O) groups is 1. The topological polar surface area (TPSA) is 46.3 Å². The molecule has 0 radical (unpaired) electrons. The van der Waals surface area contributed by atoms with Gasteiger partial charge in [0.15, 0.2) is 0 Å². The number of rotatable bonds is 4. The van der Waals surface area contributed by atoms with Gasteiger partial charge >= 0.3 is 0 Å². The summed E-state index contributed by atoms with van der Waals surface area (Å²) in [6.07, 6.45) is 3.20. The number of nitrogens with two attached hydrogens (primary N) is 1. The Morgan fingerprint density at radius 2 is 1.85 bits per heavy atom. The van der Waals surface area contributed by atoms with Crippen molar-refractivity contribution >= 4 is 18.3 Å². The van der Waals surface area contributed by atoms with Crippen molar-refractivity contribution in [1.82, 2.24) is 4.90 Å². The average molecular weight is 301 g/mol. The smallest absolute Gasteiger partial charge is 0.222 e. The number of nitrogens with zero attached hydrogens (tertiary/aromatic N) is 1. The predicted octanol–water partition coefficient (Wildman–Crippen LogP) is 2.38. The van der Waals surface area contributed by atoms with Gasteiger partial charge in [0.2, 0.25) is 5.91 Å². The van der Waals surface area contributed by atoms with Crippen molar-refractivity contribution in [3.05, 3.63) is 35.6 Å². The van der Waals surface area contributed by atoms with Gasteiger partial charge in [-0.15, -0.1) is 12.4 Å². The van der Waals surface area contributed by atoms with E-state index >= 15 is 0 Å². The zero-order chi connectivity index (χ0) is 13.7. The van der Waals surface area contributed by atoms with Crippen LogP contribution in [0.15, 0.2) is 24.3 Å². The largest absolute Gasteiger partial charge is 0.343 e. The fourth-order valence-electron chi connectivity index (χ4n) is 2.48. The molecule has 0 saturated carbocycles. The second kappa shape index (κ2) is 8.22. The molecule has 1 aromatic carbocycles. The molecule has 2 rings (SSSR count). The lowest BCUT2D eigenvalue weighted by Gasteiger charge is -2.31. The van der Waals surface area contributed by atoms with Gasteiger partial charge in [-0.3, -0.25) is 4.79 Å². The van der Waals surface area contributed by atoms with Crippen LogP contribution in [-0.4, -0.2) is 30.4 Å². The van der Waals surface area contributed by atoms with E-state index in [9.17, 15) is 9.18 Å². The first-order valence-electron chi connectivity index (χ1n) is 6.91. The summed E-state index contributed by atoms with van der Waals surface area (Å²) in [7, 11) is 0. The van der Waals surface area contributed by atoms with E-state index in [1.165, 1.54) is 12.1 Å². The summed E-state index contributed by atoms with van der Waals surface area (Å²) in [5, 5.41) is 0. The highest BCUT2D eigenvalue weighted by Gasteiger charge is 2.21. The zero-order valence-corrected chi connectivity index (χ0v) is 12.4. The molecule has 1 amide bonds. The summed E-state index contributed by atoms with van der Waals surface area (Å²) >= 11 is 0. The predicted molar refractivity (Wildman–Crippen MR) is 80.3 cm³/mol. The number of amides is 1. The Balaban J connectivity index is 0.00000200. The molecular weight excluding hydrogens is 279 g/mol. The summed E-state index contributed by atoms with van der Waals surface area (Å²) in [6, 6.07) is 6.35. The fourth-order valence-corrected chi connectivity index (χ4v) is 2.48. The molecule has 0 spiro atoms. The van der Waals surface area contributed by atoms with E-state index in [1.54, 1.807) is 12.1 Å². The van der Waals surface area contributed by atoms with Gasteiger partial charge in [-0.05, 0) is 49.4 Å². The molecular formula is C15H22ClFN2O. The summed E-state index contributed by atoms with van der Waals surface area (Å²) in [6.45, 7) is 2.37. The molecule has 1 heterocycles. The van der Waals surface area contributed by atoms with Crippen LogP contribution in [0, 0.1) is 11.7 Å². The SMILES string of the molecule is Cl.NCC1CCN(C(=O)CCc2ccc(F)cc2)CC1. The Morgan fingerprint density at radius 3 is 2.40 bits per heavy atom. The van der Waals surface area contributed by atoms with E-state index in [4.69, 9.17) is 5.73 Å². The summed E-state index contributed by atoms with van der Waals surface area (Å²) in [5.41, 5.74) is 6.64. The molecule has 20 heavy (non-hydrogen) atoms. The van der Waals surface area contributed by atoms with Crippen molar-refractivity contribution in [3.63, 3.8) is 0 Å². The van der Waals surface area contributed by atoms with Crippen LogP contribution in [0.1, 0.15) is 24.8 Å². The number of hydrogen-bond donors (Lipinski definition) is 1. The van der Waals surface area contributed by atoms with Crippen molar-refractivity contribution < 1.29 is 9.18 Å². The molecule has 0 atom stereocenters. The van der Waals surface area contributed by atoms with Crippen LogP contribution < -0.4 is 5.73 Å². The Labute approximate surface area is 125 Å². The number of hydrogen-bond acceptors (Lipinski definition) is 2. The van der Waals surface area contributed by atoms with E-state index in [0.29, 0.717) is 18.8 Å². The zero-order valence-electron chi connectivity index (χ0n) is 11.6. The molecule has 2 N–H and O–H groups in total. The molecule has 1 saturated heterocycles. The molecule has 3 nitrogen and oxygen atoms in total. The molecule has 0 unspecified atom stereocenters. The molecule has 1 aliphatic rings. The molecule has 0 aliphatic carbocycles. The van der Waals surface area contributed by atoms with Gasteiger partial charge in [0.1, 0.15) is 5.82 Å². The third-order valence-electron chi connectivity index (χ3n) is 3.84. The monoisotopic (exact) mass is 300 g/mol. The molecule has 0 bridgehead atoms. The minimum absolute atomic E-state index is 0. The Bertz CT molecular complexity index is 416. The van der Waals surface area contributed by atoms with Crippen molar-refractivity contribution in [1.29, 1.82) is 0 Å². The number of likely N-dealkylation sites (tertiary alicyclic amines) is 1. The average Bonchev–Trinajstić information content (AvgIpc) is 2.46. The van der Waals surface area contributed by atoms with E-state index in [0.717, 1.165) is 38.0 Å². The van der Waals surface area contributed by atoms with Crippen molar-refractivity contribution in [2.24, 2.45) is 11.7 Å². The fraction of sp³-hybridized carbons (Fsp3) is 0.533. The maximum absolute atomic E-state index is 12.8. The number of carbonyl (C=O) groups excluding carboxylic acids is 1. The number of halogens is 2. The standard InChI is InChI=1S/C15H21FN2O.ClH/c16-14-4-1-12(2-5-14)3-6-15(19)18-9-7-13(11-17)8-10-18;/h1-2,4-5,13H,3,6-11,17H2;1H.